The van der Waals surface area contributed by atoms with Crippen LogP contribution in [0.15, 0.2) is 75.8 Å². The third-order valence-electron chi connectivity index (χ3n) is 4.52. The molecular formula is C22H16BrClN4O5. The maximum absolute atomic E-state index is 12.6. The highest BCUT2D eigenvalue weighted by molar-refractivity contribution is 9.10. The van der Waals surface area contributed by atoms with E-state index in [1.54, 1.807) is 29.1 Å². The monoisotopic (exact) mass is 530 g/mol. The van der Waals surface area contributed by atoms with Crippen LogP contribution in [-0.4, -0.2) is 20.6 Å². The van der Waals surface area contributed by atoms with Gasteiger partial charge < -0.3 is 14.5 Å². The summed E-state index contributed by atoms with van der Waals surface area (Å²) in [5.74, 6) is 0.850. The number of rotatable bonds is 8. The summed E-state index contributed by atoms with van der Waals surface area (Å²) in [7, 11) is 0. The average Bonchev–Trinajstić information content (AvgIpc) is 3.41. The van der Waals surface area contributed by atoms with Crippen LogP contribution in [0.3, 0.4) is 0 Å². The van der Waals surface area contributed by atoms with E-state index in [0.717, 1.165) is 5.56 Å². The number of halogens is 2. The van der Waals surface area contributed by atoms with Crippen LogP contribution in [0.4, 0.5) is 11.5 Å². The number of nitro groups is 1. The van der Waals surface area contributed by atoms with Gasteiger partial charge in [-0.3, -0.25) is 19.6 Å². The van der Waals surface area contributed by atoms with Crippen LogP contribution < -0.4 is 10.1 Å². The highest BCUT2D eigenvalue weighted by Crippen LogP contribution is 2.23. The molecule has 0 saturated heterocycles. The Balaban J connectivity index is 1.35. The molecule has 0 aliphatic rings. The second-order valence-electron chi connectivity index (χ2n) is 6.91. The predicted molar refractivity (Wildman–Crippen MR) is 125 cm³/mol. The third-order valence-corrected chi connectivity index (χ3v) is 5.35. The molecule has 4 aromatic rings. The summed E-state index contributed by atoms with van der Waals surface area (Å²) in [6.07, 6.45) is 1.76. The summed E-state index contributed by atoms with van der Waals surface area (Å²) in [6.45, 7) is 0.570. The number of nitrogens with one attached hydrogen (secondary N) is 1. The van der Waals surface area contributed by atoms with Gasteiger partial charge in [0.1, 0.15) is 18.1 Å². The first kappa shape index (κ1) is 22.6. The molecular weight excluding hydrogens is 516 g/mol. The van der Waals surface area contributed by atoms with Gasteiger partial charge in [-0.2, -0.15) is 5.10 Å². The minimum absolute atomic E-state index is 0.0268. The van der Waals surface area contributed by atoms with Crippen LogP contribution in [-0.2, 0) is 13.2 Å². The van der Waals surface area contributed by atoms with Crippen LogP contribution >= 0.6 is 27.5 Å². The van der Waals surface area contributed by atoms with Crippen molar-refractivity contribution in [2.24, 2.45) is 0 Å². The molecule has 168 valence electrons. The first-order valence-electron chi connectivity index (χ1n) is 9.62. The predicted octanol–water partition coefficient (Wildman–Crippen LogP) is 5.68. The molecule has 11 heteroatoms. The molecule has 0 aliphatic carbocycles. The van der Waals surface area contributed by atoms with E-state index in [2.05, 4.69) is 26.3 Å². The Morgan fingerprint density at radius 3 is 2.58 bits per heavy atom. The summed E-state index contributed by atoms with van der Waals surface area (Å²) >= 11 is 9.31. The minimum atomic E-state index is -0.486. The summed E-state index contributed by atoms with van der Waals surface area (Å²) in [6, 6.07) is 16.2. The van der Waals surface area contributed by atoms with Gasteiger partial charge in [-0.1, -0.05) is 23.7 Å². The number of aromatic nitrogens is 2. The maximum Gasteiger partial charge on any atom is 0.292 e. The second-order valence-corrected chi connectivity index (χ2v) is 8.20. The molecule has 2 heterocycles. The lowest BCUT2D eigenvalue weighted by Crippen LogP contribution is -2.12. The van der Waals surface area contributed by atoms with Gasteiger partial charge in [-0.15, -0.1) is 0 Å². The Labute approximate surface area is 201 Å². The second kappa shape index (κ2) is 9.88. The molecule has 0 unspecified atom stereocenters. The molecule has 0 fully saturated rings. The summed E-state index contributed by atoms with van der Waals surface area (Å²) < 4.78 is 13.4. The molecule has 33 heavy (non-hydrogen) atoms. The van der Waals surface area contributed by atoms with E-state index >= 15 is 0 Å². The number of nitro benzene ring substituents is 1. The molecule has 2 aromatic carbocycles. The van der Waals surface area contributed by atoms with Crippen LogP contribution in [0, 0.1) is 10.1 Å². The highest BCUT2D eigenvalue weighted by atomic mass is 79.9. The van der Waals surface area contributed by atoms with Crippen molar-refractivity contribution in [1.29, 1.82) is 0 Å². The van der Waals surface area contributed by atoms with E-state index < -0.39 is 10.8 Å². The first-order chi connectivity index (χ1) is 15.9. The molecule has 0 saturated carbocycles. The van der Waals surface area contributed by atoms with Gasteiger partial charge >= 0.3 is 0 Å². The number of non-ortho nitro benzene ring substituents is 1. The molecule has 0 spiro atoms. The Bertz CT molecular complexity index is 1290. The zero-order chi connectivity index (χ0) is 23.4. The van der Waals surface area contributed by atoms with E-state index in [9.17, 15) is 14.9 Å². The normalized spacial score (nSPS) is 10.7. The zero-order valence-corrected chi connectivity index (χ0v) is 19.2. The smallest absolute Gasteiger partial charge is 0.292 e. The minimum Gasteiger partial charge on any atom is -0.486 e. The number of benzene rings is 2. The number of nitrogens with zero attached hydrogens (tertiary/aromatic N) is 3. The number of ether oxygens (including phenoxy) is 1. The molecule has 0 bridgehead atoms. The van der Waals surface area contributed by atoms with Gasteiger partial charge in [0.2, 0.25) is 0 Å². The fourth-order valence-corrected chi connectivity index (χ4v) is 3.45. The molecule has 2 aromatic heterocycles. The van der Waals surface area contributed by atoms with Crippen molar-refractivity contribution >= 4 is 44.9 Å². The van der Waals surface area contributed by atoms with Crippen molar-refractivity contribution in [2.75, 3.05) is 5.32 Å². The highest BCUT2D eigenvalue weighted by Gasteiger charge is 2.16. The SMILES string of the molecule is O=C(Nc1nn(Cc2ccc(Cl)cc2)cc1Br)c1ccc(COc2ccc([N+](=O)[O-])cc2)o1. The molecule has 4 rings (SSSR count). The van der Waals surface area contributed by atoms with Crippen molar-refractivity contribution in [3.8, 4) is 5.75 Å². The average molecular weight is 532 g/mol. The summed E-state index contributed by atoms with van der Waals surface area (Å²) in [5, 5.41) is 18.5. The number of hydrogen-bond acceptors (Lipinski definition) is 6. The van der Waals surface area contributed by atoms with E-state index in [1.165, 1.54) is 30.3 Å². The Morgan fingerprint density at radius 1 is 1.15 bits per heavy atom. The van der Waals surface area contributed by atoms with Gasteiger partial charge in [-0.05, 0) is 57.9 Å². The molecule has 1 N–H and O–H groups in total. The lowest BCUT2D eigenvalue weighted by Gasteiger charge is -2.04. The quantitative estimate of drug-likeness (QED) is 0.231. The Morgan fingerprint density at radius 2 is 1.88 bits per heavy atom. The van der Waals surface area contributed by atoms with Crippen LogP contribution in [0.5, 0.6) is 5.75 Å². The topological polar surface area (TPSA) is 112 Å². The van der Waals surface area contributed by atoms with Crippen LogP contribution in [0.1, 0.15) is 21.9 Å². The van der Waals surface area contributed by atoms with Crippen LogP contribution in [0.2, 0.25) is 5.02 Å². The number of furan rings is 1. The van der Waals surface area contributed by atoms with Crippen LogP contribution in [0.25, 0.3) is 0 Å². The fourth-order valence-electron chi connectivity index (χ4n) is 2.90. The van der Waals surface area contributed by atoms with Gasteiger partial charge in [0.15, 0.2) is 11.6 Å². The molecule has 9 nitrogen and oxygen atoms in total. The van der Waals surface area contributed by atoms with Crippen molar-refractivity contribution in [1.82, 2.24) is 9.78 Å². The lowest BCUT2D eigenvalue weighted by atomic mass is 10.2. The number of amides is 1. The van der Waals surface area contributed by atoms with Gasteiger partial charge in [-0.25, -0.2) is 0 Å². The lowest BCUT2D eigenvalue weighted by molar-refractivity contribution is -0.384. The first-order valence-corrected chi connectivity index (χ1v) is 10.8. The number of carbonyl (C=O) groups is 1. The summed E-state index contributed by atoms with van der Waals surface area (Å²) in [4.78, 5) is 22.8. The largest absolute Gasteiger partial charge is 0.486 e. The molecule has 1 amide bonds. The molecule has 0 aliphatic heterocycles. The standard InChI is InChI=1S/C22H16BrClN4O5/c23-19-12-27(11-14-1-3-15(24)4-2-14)26-21(19)25-22(29)20-10-9-18(33-20)13-32-17-7-5-16(6-8-17)28(30)31/h1-10,12H,11,13H2,(H,25,26,29). The van der Waals surface area contributed by atoms with Gasteiger partial charge in [0.25, 0.3) is 11.6 Å². The van der Waals surface area contributed by atoms with Crippen molar-refractivity contribution in [3.63, 3.8) is 0 Å². The zero-order valence-electron chi connectivity index (χ0n) is 16.9. The number of carbonyl (C=O) groups excluding carboxylic acids is 1. The van der Waals surface area contributed by atoms with Crippen molar-refractivity contribution in [3.05, 3.63) is 104 Å². The Kier molecular flexibility index (Phi) is 6.76. The fraction of sp³-hybridized carbons (Fsp3) is 0.0909. The van der Waals surface area contributed by atoms with E-state index in [-0.39, 0.29) is 18.1 Å². The van der Waals surface area contributed by atoms with E-state index in [1.807, 2.05) is 12.1 Å². The Hall–Kier alpha value is -3.63. The number of hydrogen-bond donors (Lipinski definition) is 1. The van der Waals surface area contributed by atoms with E-state index in [4.69, 9.17) is 20.8 Å². The van der Waals surface area contributed by atoms with E-state index in [0.29, 0.717) is 33.4 Å². The maximum atomic E-state index is 12.6. The van der Waals surface area contributed by atoms with Gasteiger partial charge in [0, 0.05) is 23.4 Å². The van der Waals surface area contributed by atoms with Crippen molar-refractivity contribution < 1.29 is 18.9 Å². The van der Waals surface area contributed by atoms with Crippen molar-refractivity contribution in [2.45, 2.75) is 13.2 Å². The summed E-state index contributed by atoms with van der Waals surface area (Å²) in [5.41, 5.74) is 0.983. The third kappa shape index (κ3) is 5.79. The molecule has 0 radical (unpaired) electrons. The number of anilines is 1. The van der Waals surface area contributed by atoms with Gasteiger partial charge in [0.05, 0.1) is 15.9 Å². The molecule has 0 atom stereocenters.